The molecule has 0 aliphatic heterocycles. The third kappa shape index (κ3) is 8.46. The van der Waals surface area contributed by atoms with Gasteiger partial charge in [0, 0.05) is 11.1 Å². The van der Waals surface area contributed by atoms with Crippen molar-refractivity contribution in [3.8, 4) is 33.8 Å². The van der Waals surface area contributed by atoms with E-state index in [1.807, 2.05) is 72.8 Å². The third-order valence-corrected chi connectivity index (χ3v) is 7.43. The van der Waals surface area contributed by atoms with Crippen molar-refractivity contribution >= 4 is 11.9 Å². The van der Waals surface area contributed by atoms with E-state index in [9.17, 15) is 19.8 Å². The minimum atomic E-state index is -0.293. The van der Waals surface area contributed by atoms with Gasteiger partial charge in [-0.2, -0.15) is 0 Å². The first-order valence-electron chi connectivity index (χ1n) is 14.3. The molecule has 218 valence electrons. The Kier molecular flexibility index (Phi) is 10.8. The Morgan fingerprint density at radius 2 is 0.976 bits per heavy atom. The maximum Gasteiger partial charge on any atom is 0.309 e. The molecule has 2 N–H and O–H groups in total. The van der Waals surface area contributed by atoms with Crippen molar-refractivity contribution in [2.75, 3.05) is 14.2 Å². The number of benzene rings is 4. The van der Waals surface area contributed by atoms with Crippen LogP contribution in [0.5, 0.6) is 11.5 Å². The van der Waals surface area contributed by atoms with Gasteiger partial charge in [-0.3, -0.25) is 9.59 Å². The van der Waals surface area contributed by atoms with E-state index >= 15 is 0 Å². The summed E-state index contributed by atoms with van der Waals surface area (Å²) >= 11 is 0. The fourth-order valence-corrected chi connectivity index (χ4v) is 5.13. The Labute approximate surface area is 247 Å². The summed E-state index contributed by atoms with van der Waals surface area (Å²) in [6.45, 7) is 0. The van der Waals surface area contributed by atoms with E-state index in [4.69, 9.17) is 9.47 Å². The average Bonchev–Trinajstić information content (AvgIpc) is 3.00. The highest BCUT2D eigenvalue weighted by Gasteiger charge is 2.11. The van der Waals surface area contributed by atoms with E-state index in [-0.39, 0.29) is 36.3 Å². The summed E-state index contributed by atoms with van der Waals surface area (Å²) < 4.78 is 9.55. The number of aryl methyl sites for hydroxylation is 2. The van der Waals surface area contributed by atoms with Gasteiger partial charge in [0.25, 0.3) is 0 Å². The fourth-order valence-electron chi connectivity index (χ4n) is 5.13. The summed E-state index contributed by atoms with van der Waals surface area (Å²) in [6, 6.07) is 26.7. The highest BCUT2D eigenvalue weighted by molar-refractivity contribution is 5.76. The van der Waals surface area contributed by atoms with Gasteiger partial charge in [-0.25, -0.2) is 0 Å². The summed E-state index contributed by atoms with van der Waals surface area (Å²) in [5.41, 5.74) is 7.29. The molecule has 0 saturated carbocycles. The van der Waals surface area contributed by atoms with Crippen LogP contribution in [-0.4, -0.2) is 36.4 Å². The van der Waals surface area contributed by atoms with E-state index in [1.165, 1.54) is 25.3 Å². The maximum absolute atomic E-state index is 11.7. The van der Waals surface area contributed by atoms with E-state index in [1.54, 1.807) is 12.1 Å². The van der Waals surface area contributed by atoms with Crippen LogP contribution in [0.1, 0.15) is 47.9 Å². The lowest BCUT2D eigenvalue weighted by Gasteiger charge is -2.11. The highest BCUT2D eigenvalue weighted by Crippen LogP contribution is 2.33. The third-order valence-electron chi connectivity index (χ3n) is 7.43. The first kappa shape index (κ1) is 30.4. The van der Waals surface area contributed by atoms with Gasteiger partial charge >= 0.3 is 11.9 Å². The first-order valence-corrected chi connectivity index (χ1v) is 14.3. The monoisotopic (exact) mass is 566 g/mol. The number of rotatable bonds is 13. The molecular weight excluding hydrogens is 528 g/mol. The van der Waals surface area contributed by atoms with Crippen LogP contribution in [0.15, 0.2) is 84.9 Å². The molecule has 0 unspecified atom stereocenters. The summed E-state index contributed by atoms with van der Waals surface area (Å²) in [4.78, 5) is 23.3. The quantitative estimate of drug-likeness (QED) is 0.131. The number of ether oxygens (including phenoxy) is 2. The van der Waals surface area contributed by atoms with Crippen LogP contribution in [0.25, 0.3) is 22.3 Å². The fraction of sp³-hybridized carbons (Fsp3) is 0.278. The van der Waals surface area contributed by atoms with Crippen LogP contribution in [0, 0.1) is 0 Å². The summed E-state index contributed by atoms with van der Waals surface area (Å²) in [5.74, 6) is -0.147. The number of unbranched alkanes of at least 4 members (excludes halogenated alkanes) is 3. The van der Waals surface area contributed by atoms with Gasteiger partial charge in [-0.05, 0) is 83.3 Å². The molecule has 0 fully saturated rings. The Balaban J connectivity index is 1.29. The average molecular weight is 567 g/mol. The smallest absolute Gasteiger partial charge is 0.309 e. The van der Waals surface area contributed by atoms with Crippen molar-refractivity contribution in [3.05, 3.63) is 107 Å². The molecule has 0 bridgehead atoms. The molecule has 0 aliphatic carbocycles. The van der Waals surface area contributed by atoms with Crippen LogP contribution in [0.2, 0.25) is 0 Å². The van der Waals surface area contributed by atoms with Crippen LogP contribution < -0.4 is 0 Å². The molecule has 0 amide bonds. The van der Waals surface area contributed by atoms with Crippen molar-refractivity contribution in [2.45, 2.75) is 51.4 Å². The number of aromatic hydroxyl groups is 2. The van der Waals surface area contributed by atoms with E-state index in [0.717, 1.165) is 71.9 Å². The molecule has 6 heteroatoms. The van der Waals surface area contributed by atoms with Crippen LogP contribution in [-0.2, 0) is 44.7 Å². The van der Waals surface area contributed by atoms with Gasteiger partial charge in [0.15, 0.2) is 0 Å². The van der Waals surface area contributed by atoms with E-state index < -0.39 is 0 Å². The van der Waals surface area contributed by atoms with E-state index in [0.29, 0.717) is 0 Å². The van der Waals surface area contributed by atoms with Crippen molar-refractivity contribution < 1.29 is 29.3 Å². The lowest BCUT2D eigenvalue weighted by atomic mass is 9.96. The minimum Gasteiger partial charge on any atom is -0.507 e. The van der Waals surface area contributed by atoms with Crippen molar-refractivity contribution in [1.29, 1.82) is 0 Å². The van der Waals surface area contributed by atoms with Gasteiger partial charge in [-0.15, -0.1) is 0 Å². The first-order chi connectivity index (χ1) is 20.4. The molecule has 0 saturated heterocycles. The minimum absolute atomic E-state index is 0.195. The standard InChI is InChI=1S/C36H38O6/c1-41-35(39)23-27-11-7-13-29(19-27)31-21-25(15-17-33(31)37)9-5-3-4-6-10-26-16-18-34(38)32(22-26)30-14-8-12-28(20-30)24-36(40)42-2/h7-8,11-22,37-38H,3-6,9-10,23-24H2,1-2H3. The number of carbonyl (C=O) groups is 2. The SMILES string of the molecule is COC(=O)Cc1cccc(-c2cc(CCCCCCc3ccc(O)c(-c4cccc(CC(=O)OC)c4)c3)ccc2O)c1. The number of phenolic OH excluding ortho intramolecular Hbond substituents is 2. The van der Waals surface area contributed by atoms with Gasteiger partial charge < -0.3 is 19.7 Å². The molecule has 0 heterocycles. The lowest BCUT2D eigenvalue weighted by molar-refractivity contribution is -0.140. The van der Waals surface area contributed by atoms with Gasteiger partial charge in [0.05, 0.1) is 27.1 Å². The molecule has 0 spiro atoms. The maximum atomic E-state index is 11.7. The molecule has 6 nitrogen and oxygen atoms in total. The number of carbonyl (C=O) groups excluding carboxylic acids is 2. The van der Waals surface area contributed by atoms with Crippen LogP contribution in [0.3, 0.4) is 0 Å². The van der Waals surface area contributed by atoms with Gasteiger partial charge in [-0.1, -0.05) is 73.5 Å². The number of hydrogen-bond acceptors (Lipinski definition) is 6. The highest BCUT2D eigenvalue weighted by atomic mass is 16.5. The summed E-state index contributed by atoms with van der Waals surface area (Å²) in [6.07, 6.45) is 6.49. The normalized spacial score (nSPS) is 10.8. The van der Waals surface area contributed by atoms with Gasteiger partial charge in [0.1, 0.15) is 11.5 Å². The topological polar surface area (TPSA) is 93.1 Å². The largest absolute Gasteiger partial charge is 0.507 e. The molecule has 4 aromatic rings. The zero-order valence-electron chi connectivity index (χ0n) is 24.3. The lowest BCUT2D eigenvalue weighted by Crippen LogP contribution is -2.04. The predicted octanol–water partition coefficient (Wildman–Crippen LogP) is 7.21. The van der Waals surface area contributed by atoms with Crippen molar-refractivity contribution in [2.24, 2.45) is 0 Å². The van der Waals surface area contributed by atoms with E-state index in [2.05, 4.69) is 0 Å². The Morgan fingerprint density at radius 3 is 1.38 bits per heavy atom. The van der Waals surface area contributed by atoms with Gasteiger partial charge in [0.2, 0.25) is 0 Å². The predicted molar refractivity (Wildman–Crippen MR) is 164 cm³/mol. The second kappa shape index (κ2) is 14.9. The molecule has 0 aromatic heterocycles. The molecular formula is C36H38O6. The molecule has 4 aromatic carbocycles. The number of phenols is 2. The number of esters is 2. The Hall–Kier alpha value is -4.58. The van der Waals surface area contributed by atoms with Crippen molar-refractivity contribution in [3.63, 3.8) is 0 Å². The van der Waals surface area contributed by atoms with Crippen LogP contribution in [0.4, 0.5) is 0 Å². The second-order valence-electron chi connectivity index (χ2n) is 10.5. The zero-order valence-corrected chi connectivity index (χ0v) is 24.3. The van der Waals surface area contributed by atoms with Crippen molar-refractivity contribution in [1.82, 2.24) is 0 Å². The molecule has 42 heavy (non-hydrogen) atoms. The molecule has 0 aliphatic rings. The molecule has 4 rings (SSSR count). The van der Waals surface area contributed by atoms with Crippen LogP contribution >= 0.6 is 0 Å². The summed E-state index contributed by atoms with van der Waals surface area (Å²) in [5, 5.41) is 21.0. The second-order valence-corrected chi connectivity index (χ2v) is 10.5. The Bertz CT molecular complexity index is 1410. The Morgan fingerprint density at radius 1 is 0.548 bits per heavy atom. The molecule has 0 radical (unpaired) electrons. The zero-order chi connectivity index (χ0) is 29.9. The number of methoxy groups -OCH3 is 2. The molecule has 0 atom stereocenters. The summed E-state index contributed by atoms with van der Waals surface area (Å²) in [7, 11) is 2.75. The number of hydrogen-bond donors (Lipinski definition) is 2.